The molecule has 142 valence electrons. The van der Waals surface area contributed by atoms with Crippen LogP contribution < -0.4 is 0 Å². The zero-order chi connectivity index (χ0) is 19.8. The van der Waals surface area contributed by atoms with E-state index < -0.39 is 14.7 Å². The van der Waals surface area contributed by atoms with Gasteiger partial charge in [-0.25, -0.2) is 8.42 Å². The summed E-state index contributed by atoms with van der Waals surface area (Å²) in [6, 6.07) is 18.9. The quantitative estimate of drug-likeness (QED) is 0.692. The number of azo groups is 1. The minimum absolute atomic E-state index is 0.0960. The molecule has 0 radical (unpaired) electrons. The van der Waals surface area contributed by atoms with E-state index in [-0.39, 0.29) is 12.2 Å². The van der Waals surface area contributed by atoms with Crippen molar-refractivity contribution in [2.45, 2.75) is 11.3 Å². The first-order chi connectivity index (χ1) is 13.4. The normalized spacial score (nSPS) is 21.4. The first-order valence-corrected chi connectivity index (χ1v) is 11.1. The Morgan fingerprint density at radius 3 is 2.11 bits per heavy atom. The number of hydrogen-bond donors (Lipinski definition) is 0. The van der Waals surface area contributed by atoms with Crippen molar-refractivity contribution in [3.05, 3.63) is 77.4 Å². The molecule has 1 atom stereocenters. The van der Waals surface area contributed by atoms with Gasteiger partial charge in [0.1, 0.15) is 20.4 Å². The van der Waals surface area contributed by atoms with Gasteiger partial charge in [-0.1, -0.05) is 60.7 Å². The average molecular weight is 413 g/mol. The van der Waals surface area contributed by atoms with Crippen LogP contribution in [-0.2, 0) is 9.84 Å². The molecule has 2 heterocycles. The second-order valence-corrected chi connectivity index (χ2v) is 9.61. The number of sulfone groups is 1. The number of fused-ring (bicyclic) bond motifs is 1. The lowest BCUT2D eigenvalue weighted by atomic mass is 9.83. The highest BCUT2D eigenvalue weighted by atomic mass is 35.5. The van der Waals surface area contributed by atoms with Crippen LogP contribution in [0.15, 0.2) is 86.7 Å². The zero-order valence-electron chi connectivity index (χ0n) is 15.1. The molecule has 2 aliphatic heterocycles. The van der Waals surface area contributed by atoms with Crippen LogP contribution in [0, 0.1) is 0 Å². The van der Waals surface area contributed by atoms with Crippen molar-refractivity contribution in [3.63, 3.8) is 0 Å². The smallest absolute Gasteiger partial charge is 0.203 e. The molecule has 0 aromatic heterocycles. The lowest BCUT2D eigenvalue weighted by Crippen LogP contribution is -2.41. The molecule has 0 saturated heterocycles. The molecule has 0 aliphatic carbocycles. The summed E-state index contributed by atoms with van der Waals surface area (Å²) < 4.78 is 23.8. The maximum absolute atomic E-state index is 11.9. The maximum atomic E-state index is 11.9. The van der Waals surface area contributed by atoms with E-state index in [2.05, 4.69) is 20.4 Å². The topological polar surface area (TPSA) is 83.6 Å². The summed E-state index contributed by atoms with van der Waals surface area (Å²) in [7, 11) is -3.24. The minimum Gasteiger partial charge on any atom is -0.229 e. The van der Waals surface area contributed by atoms with E-state index in [0.717, 1.165) is 11.1 Å². The molecule has 1 unspecified atom stereocenters. The van der Waals surface area contributed by atoms with Crippen molar-refractivity contribution >= 4 is 38.7 Å². The van der Waals surface area contributed by atoms with Crippen LogP contribution in [0.1, 0.15) is 17.5 Å². The van der Waals surface area contributed by atoms with E-state index in [0.29, 0.717) is 22.8 Å². The van der Waals surface area contributed by atoms with Crippen LogP contribution in [0.4, 0.5) is 0 Å². The highest BCUT2D eigenvalue weighted by molar-refractivity contribution is 7.90. The molecular formula is C20H17ClN4O2S. The summed E-state index contributed by atoms with van der Waals surface area (Å²) in [6.07, 6.45) is 1.33. The summed E-state index contributed by atoms with van der Waals surface area (Å²) >= 11 is 7.17. The van der Waals surface area contributed by atoms with Gasteiger partial charge in [0.05, 0.1) is 17.0 Å². The number of nitrogens with zero attached hydrogens (tertiary/aromatic N) is 4. The standard InChI is InChI=1S/C20H17ClN4O2S/c1-28(26,27)13-12-20(21)16-17(14-8-4-2-5-9-14)22-24-19(16)25-23-18(20)15-10-6-3-7-11-15/h2-11H,12-13H2,1H3. The van der Waals surface area contributed by atoms with E-state index in [4.69, 9.17) is 11.6 Å². The van der Waals surface area contributed by atoms with Gasteiger partial charge in [0, 0.05) is 17.4 Å². The Bertz CT molecular complexity index is 1140. The van der Waals surface area contributed by atoms with Gasteiger partial charge in [-0.05, 0) is 6.42 Å². The van der Waals surface area contributed by atoms with Crippen molar-refractivity contribution in [3.8, 4) is 0 Å². The number of amidine groups is 1. The van der Waals surface area contributed by atoms with Gasteiger partial charge in [-0.3, -0.25) is 0 Å². The van der Waals surface area contributed by atoms with Crippen molar-refractivity contribution in [1.29, 1.82) is 0 Å². The molecule has 2 aliphatic rings. The monoisotopic (exact) mass is 412 g/mol. The van der Waals surface area contributed by atoms with Gasteiger partial charge in [-0.15, -0.1) is 26.9 Å². The Hall–Kier alpha value is -2.64. The van der Waals surface area contributed by atoms with Crippen molar-refractivity contribution in [1.82, 2.24) is 0 Å². The van der Waals surface area contributed by atoms with E-state index in [1.807, 2.05) is 60.7 Å². The molecule has 0 amide bonds. The van der Waals surface area contributed by atoms with Crippen LogP contribution in [0.2, 0.25) is 0 Å². The van der Waals surface area contributed by atoms with E-state index in [9.17, 15) is 8.42 Å². The van der Waals surface area contributed by atoms with Crippen LogP contribution in [0.3, 0.4) is 0 Å². The van der Waals surface area contributed by atoms with Crippen molar-refractivity contribution in [2.75, 3.05) is 12.0 Å². The van der Waals surface area contributed by atoms with Gasteiger partial charge < -0.3 is 0 Å². The van der Waals surface area contributed by atoms with Crippen molar-refractivity contribution in [2.24, 2.45) is 20.4 Å². The number of halogens is 1. The van der Waals surface area contributed by atoms with Crippen LogP contribution >= 0.6 is 11.6 Å². The molecule has 2 aromatic carbocycles. The van der Waals surface area contributed by atoms with E-state index >= 15 is 0 Å². The van der Waals surface area contributed by atoms with E-state index in [1.165, 1.54) is 6.26 Å². The Balaban J connectivity index is 1.91. The van der Waals surface area contributed by atoms with E-state index in [1.54, 1.807) is 0 Å². The molecule has 0 bridgehead atoms. The summed E-state index contributed by atoms with van der Waals surface area (Å²) in [4.78, 5) is -1.21. The minimum atomic E-state index is -3.24. The highest BCUT2D eigenvalue weighted by Gasteiger charge is 2.47. The molecule has 8 heteroatoms. The van der Waals surface area contributed by atoms with Gasteiger partial charge in [0.15, 0.2) is 0 Å². The van der Waals surface area contributed by atoms with Gasteiger partial charge >= 0.3 is 0 Å². The SMILES string of the molecule is CS(=O)(=O)CCC1(Cl)C(c2ccccc2)=NN=C2N=NC(c3ccccc3)=C21. The lowest BCUT2D eigenvalue weighted by Gasteiger charge is -2.32. The third-order valence-electron chi connectivity index (χ3n) is 4.63. The first-order valence-electron chi connectivity index (χ1n) is 8.69. The molecular weight excluding hydrogens is 396 g/mol. The molecule has 0 fully saturated rings. The lowest BCUT2D eigenvalue weighted by molar-refractivity contribution is 0.597. The second-order valence-electron chi connectivity index (χ2n) is 6.71. The third-order valence-corrected chi connectivity index (χ3v) is 6.14. The van der Waals surface area contributed by atoms with Gasteiger partial charge in [0.25, 0.3) is 0 Å². The predicted molar refractivity (Wildman–Crippen MR) is 112 cm³/mol. The Kier molecular flexibility index (Phi) is 4.72. The van der Waals surface area contributed by atoms with Gasteiger partial charge in [-0.2, -0.15) is 5.10 Å². The third kappa shape index (κ3) is 3.43. The summed E-state index contributed by atoms with van der Waals surface area (Å²) in [6.45, 7) is 0. The summed E-state index contributed by atoms with van der Waals surface area (Å²) in [5.74, 6) is 0.225. The Labute approximate surface area is 168 Å². The van der Waals surface area contributed by atoms with Crippen LogP contribution in [-0.4, -0.2) is 36.8 Å². The second kappa shape index (κ2) is 7.07. The Morgan fingerprint density at radius 1 is 0.893 bits per heavy atom. The molecule has 2 aromatic rings. The number of benzene rings is 2. The molecule has 0 saturated carbocycles. The molecule has 0 spiro atoms. The molecule has 6 nitrogen and oxygen atoms in total. The predicted octanol–water partition coefficient (Wildman–Crippen LogP) is 4.09. The highest BCUT2D eigenvalue weighted by Crippen LogP contribution is 2.44. The first kappa shape index (κ1) is 18.7. The molecule has 0 N–H and O–H groups in total. The maximum Gasteiger partial charge on any atom is 0.203 e. The van der Waals surface area contributed by atoms with Crippen molar-refractivity contribution < 1.29 is 8.42 Å². The van der Waals surface area contributed by atoms with Gasteiger partial charge in [0.2, 0.25) is 5.84 Å². The number of alkyl halides is 1. The fraction of sp³-hybridized carbons (Fsp3) is 0.200. The fourth-order valence-corrected chi connectivity index (χ4v) is 4.49. The number of rotatable bonds is 5. The zero-order valence-corrected chi connectivity index (χ0v) is 16.7. The molecule has 4 rings (SSSR count). The number of hydrogen-bond acceptors (Lipinski definition) is 6. The largest absolute Gasteiger partial charge is 0.229 e. The summed E-state index contributed by atoms with van der Waals surface area (Å²) in [5.41, 5.74) is 3.30. The molecule has 28 heavy (non-hydrogen) atoms. The van der Waals surface area contributed by atoms with Crippen LogP contribution in [0.5, 0.6) is 0 Å². The Morgan fingerprint density at radius 2 is 1.50 bits per heavy atom. The fourth-order valence-electron chi connectivity index (χ4n) is 3.28. The van der Waals surface area contributed by atoms with Crippen LogP contribution in [0.25, 0.3) is 5.70 Å². The summed E-state index contributed by atoms with van der Waals surface area (Å²) in [5, 5.41) is 17.0. The average Bonchev–Trinajstić information content (AvgIpc) is 3.13.